The predicted octanol–water partition coefficient (Wildman–Crippen LogP) is 14.4. The Kier molecular flexibility index (Phi) is 7.03. The molecule has 0 radical (unpaired) electrons. The largest absolute Gasteiger partial charge is 0.456 e. The number of aromatic nitrogens is 3. The minimum Gasteiger partial charge on any atom is -0.456 e. The van der Waals surface area contributed by atoms with E-state index in [0.717, 1.165) is 71.7 Å². The Morgan fingerprint density at radius 3 is 1.88 bits per heavy atom. The van der Waals surface area contributed by atoms with Crippen molar-refractivity contribution in [1.29, 1.82) is 0 Å². The number of thiophene rings is 1. The van der Waals surface area contributed by atoms with Crippen LogP contribution in [0.5, 0.6) is 0 Å². The quantitative estimate of drug-likeness (QED) is 0.175. The summed E-state index contributed by atoms with van der Waals surface area (Å²) in [7, 11) is 0. The van der Waals surface area contributed by atoms with Crippen LogP contribution in [0.25, 0.3) is 120 Å². The van der Waals surface area contributed by atoms with Crippen molar-refractivity contribution in [2.75, 3.05) is 0 Å². The highest BCUT2D eigenvalue weighted by atomic mass is 32.1. The van der Waals surface area contributed by atoms with E-state index in [9.17, 15) is 0 Å². The lowest BCUT2D eigenvalue weighted by Crippen LogP contribution is -2.00. The molecule has 0 amide bonds. The van der Waals surface area contributed by atoms with Crippen LogP contribution in [0.15, 0.2) is 185 Å². The molecule has 4 heterocycles. The third kappa shape index (κ3) is 5.12. The lowest BCUT2D eigenvalue weighted by molar-refractivity contribution is 0.669. The van der Waals surface area contributed by atoms with Crippen LogP contribution in [0.4, 0.5) is 0 Å². The van der Waals surface area contributed by atoms with E-state index in [-0.39, 0.29) is 0 Å². The molecule has 8 aromatic carbocycles. The summed E-state index contributed by atoms with van der Waals surface area (Å²) in [4.78, 5) is 15.3. The highest BCUT2D eigenvalue weighted by Crippen LogP contribution is 2.46. The van der Waals surface area contributed by atoms with Gasteiger partial charge in [-0.15, -0.1) is 11.3 Å². The maximum absolute atomic E-state index is 6.91. The van der Waals surface area contributed by atoms with Crippen molar-refractivity contribution in [3.05, 3.63) is 176 Å². The van der Waals surface area contributed by atoms with Crippen LogP contribution in [-0.2, 0) is 0 Å². The SMILES string of the molecule is c1ccc(-c2cc(-c3cccc4c3oc3cc(-c5nc(-c6ccccc6)nc(-c6cccc7oc8ccccc8c67)n5)ccc34)c3sc4ccccc4c3c2)cc1. The Labute approximate surface area is 330 Å². The van der Waals surface area contributed by atoms with E-state index in [2.05, 4.69) is 115 Å². The summed E-state index contributed by atoms with van der Waals surface area (Å²) in [5.74, 6) is 1.74. The van der Waals surface area contributed by atoms with Crippen molar-refractivity contribution >= 4 is 75.4 Å². The molecule has 0 aliphatic carbocycles. The number of nitrogens with zero attached hydrogens (tertiary/aromatic N) is 3. The van der Waals surface area contributed by atoms with Gasteiger partial charge < -0.3 is 8.83 Å². The van der Waals surface area contributed by atoms with Crippen molar-refractivity contribution < 1.29 is 8.83 Å². The molecule has 0 aliphatic heterocycles. The van der Waals surface area contributed by atoms with Crippen LogP contribution in [0.1, 0.15) is 0 Å². The molecular weight excluding hydrogens is 719 g/mol. The minimum absolute atomic E-state index is 0.564. The molecule has 5 nitrogen and oxygen atoms in total. The summed E-state index contributed by atoms with van der Waals surface area (Å²) in [5.41, 5.74) is 10.5. The molecule has 0 fully saturated rings. The van der Waals surface area contributed by atoms with Gasteiger partial charge in [0.2, 0.25) is 0 Å². The minimum atomic E-state index is 0.564. The Bertz CT molecular complexity index is 3530. The van der Waals surface area contributed by atoms with E-state index in [4.69, 9.17) is 23.8 Å². The molecule has 57 heavy (non-hydrogen) atoms. The van der Waals surface area contributed by atoms with Gasteiger partial charge in [0.25, 0.3) is 0 Å². The van der Waals surface area contributed by atoms with Crippen molar-refractivity contribution in [2.45, 2.75) is 0 Å². The zero-order valence-electron chi connectivity index (χ0n) is 30.3. The summed E-state index contributed by atoms with van der Waals surface area (Å²) in [5, 5.41) is 6.62. The lowest BCUT2D eigenvalue weighted by atomic mass is 9.95. The molecule has 0 spiro atoms. The monoisotopic (exact) mass is 747 g/mol. The van der Waals surface area contributed by atoms with Gasteiger partial charge >= 0.3 is 0 Å². The molecule has 0 bridgehead atoms. The van der Waals surface area contributed by atoms with Crippen LogP contribution in [-0.4, -0.2) is 15.0 Å². The number of fused-ring (bicyclic) bond motifs is 9. The van der Waals surface area contributed by atoms with Crippen molar-refractivity contribution in [3.63, 3.8) is 0 Å². The molecule has 12 rings (SSSR count). The Morgan fingerprint density at radius 1 is 0.351 bits per heavy atom. The first kappa shape index (κ1) is 31.9. The average Bonchev–Trinajstić information content (AvgIpc) is 3.98. The van der Waals surface area contributed by atoms with Crippen molar-refractivity contribution in [2.24, 2.45) is 0 Å². The second kappa shape index (κ2) is 12.6. The van der Waals surface area contributed by atoms with Crippen LogP contribution >= 0.6 is 11.3 Å². The smallest absolute Gasteiger partial charge is 0.164 e. The first-order valence-corrected chi connectivity index (χ1v) is 19.7. The van der Waals surface area contributed by atoms with Gasteiger partial charge in [0, 0.05) is 69.5 Å². The molecule has 4 aromatic heterocycles. The second-order valence-corrected chi connectivity index (χ2v) is 15.4. The number of hydrogen-bond acceptors (Lipinski definition) is 6. The summed E-state index contributed by atoms with van der Waals surface area (Å²) >= 11 is 1.83. The molecule has 266 valence electrons. The summed E-state index contributed by atoms with van der Waals surface area (Å²) in [6.07, 6.45) is 0. The van der Waals surface area contributed by atoms with Gasteiger partial charge in [0.15, 0.2) is 17.5 Å². The maximum Gasteiger partial charge on any atom is 0.164 e. The zero-order chi connectivity index (χ0) is 37.5. The fraction of sp³-hybridized carbons (Fsp3) is 0. The highest BCUT2D eigenvalue weighted by molar-refractivity contribution is 7.26. The predicted molar refractivity (Wildman–Crippen MR) is 234 cm³/mol. The fourth-order valence-corrected chi connectivity index (χ4v) is 9.49. The van der Waals surface area contributed by atoms with Gasteiger partial charge in [-0.3, -0.25) is 0 Å². The van der Waals surface area contributed by atoms with Crippen LogP contribution in [0, 0.1) is 0 Å². The molecule has 0 aliphatic rings. The number of furan rings is 2. The molecule has 0 saturated carbocycles. The third-order valence-electron chi connectivity index (χ3n) is 10.9. The standard InChI is InChI=1S/C51H29N3O2S/c1-3-13-30(14-4-1)33-27-40-35-17-8-10-24-45(35)57-48(40)41(28-33)37-20-11-19-36-34-26-25-32(29-44(34)56-47(36)37)50-52-49(31-15-5-2-6-16-31)53-51(54-50)39-21-12-23-43-46(39)38-18-7-9-22-42(38)55-43/h1-29H. The first-order valence-electron chi connectivity index (χ1n) is 18.9. The molecule has 6 heteroatoms. The third-order valence-corrected chi connectivity index (χ3v) is 12.2. The van der Waals surface area contributed by atoms with Gasteiger partial charge in [-0.2, -0.15) is 0 Å². The van der Waals surface area contributed by atoms with Crippen LogP contribution in [0.3, 0.4) is 0 Å². The molecule has 0 atom stereocenters. The summed E-state index contributed by atoms with van der Waals surface area (Å²) in [6, 6.07) is 60.9. The second-order valence-electron chi connectivity index (χ2n) is 14.3. The van der Waals surface area contributed by atoms with Crippen molar-refractivity contribution in [1.82, 2.24) is 15.0 Å². The van der Waals surface area contributed by atoms with Gasteiger partial charge in [-0.25, -0.2) is 15.0 Å². The van der Waals surface area contributed by atoms with E-state index < -0.39 is 0 Å². The van der Waals surface area contributed by atoms with E-state index in [1.807, 2.05) is 72.0 Å². The normalized spacial score (nSPS) is 11.9. The topological polar surface area (TPSA) is 65.0 Å². The van der Waals surface area contributed by atoms with E-state index in [0.29, 0.717) is 17.5 Å². The van der Waals surface area contributed by atoms with Gasteiger partial charge in [-0.05, 0) is 53.6 Å². The lowest BCUT2D eigenvalue weighted by Gasteiger charge is -2.09. The molecule has 0 N–H and O–H groups in total. The van der Waals surface area contributed by atoms with E-state index in [1.165, 1.54) is 31.3 Å². The average molecular weight is 748 g/mol. The summed E-state index contributed by atoms with van der Waals surface area (Å²) in [6.45, 7) is 0. The van der Waals surface area contributed by atoms with Crippen molar-refractivity contribution in [3.8, 4) is 56.4 Å². The molecular formula is C51H29N3O2S. The Hall–Kier alpha value is -7.41. The number of rotatable bonds is 5. The fourth-order valence-electron chi connectivity index (χ4n) is 8.28. The Balaban J connectivity index is 1.06. The van der Waals surface area contributed by atoms with E-state index in [1.54, 1.807) is 0 Å². The van der Waals surface area contributed by atoms with Gasteiger partial charge in [-0.1, -0.05) is 133 Å². The highest BCUT2D eigenvalue weighted by Gasteiger charge is 2.21. The maximum atomic E-state index is 6.91. The number of hydrogen-bond donors (Lipinski definition) is 0. The van der Waals surface area contributed by atoms with Gasteiger partial charge in [0.05, 0.1) is 0 Å². The van der Waals surface area contributed by atoms with Gasteiger partial charge in [0.1, 0.15) is 22.3 Å². The number of para-hydroxylation sites is 2. The molecule has 12 aromatic rings. The first-order chi connectivity index (χ1) is 28.2. The van der Waals surface area contributed by atoms with Crippen LogP contribution in [0.2, 0.25) is 0 Å². The zero-order valence-corrected chi connectivity index (χ0v) is 31.1. The molecule has 0 saturated heterocycles. The summed E-state index contributed by atoms with van der Waals surface area (Å²) < 4.78 is 15.7. The number of benzene rings is 8. The molecule has 0 unspecified atom stereocenters. The Morgan fingerprint density at radius 2 is 1.02 bits per heavy atom. The van der Waals surface area contributed by atoms with Crippen LogP contribution < -0.4 is 0 Å². The van der Waals surface area contributed by atoms with E-state index >= 15 is 0 Å².